The van der Waals surface area contributed by atoms with E-state index in [-0.39, 0.29) is 16.5 Å². The van der Waals surface area contributed by atoms with Crippen molar-refractivity contribution in [2.75, 3.05) is 62.3 Å². The standard InChI is InChI=1S/C17H23N5O4S/c1-13(23)18-17(27)21-6-4-19(5-7-21)14-2-3-15(22(24)25)16(12-14)20-8-10-26-11-9-20/h2-3,12H,4-11H2,1H3,(H,18,23,27). The molecule has 1 amide bonds. The maximum atomic E-state index is 11.4. The summed E-state index contributed by atoms with van der Waals surface area (Å²) in [6, 6.07) is 5.27. The van der Waals surface area contributed by atoms with Gasteiger partial charge in [0.1, 0.15) is 5.69 Å². The molecule has 2 aliphatic rings. The van der Waals surface area contributed by atoms with Crippen molar-refractivity contribution in [2.45, 2.75) is 6.92 Å². The van der Waals surface area contributed by atoms with Gasteiger partial charge < -0.3 is 24.8 Å². The maximum Gasteiger partial charge on any atom is 0.292 e. The molecule has 2 aliphatic heterocycles. The summed E-state index contributed by atoms with van der Waals surface area (Å²) < 4.78 is 5.36. The first-order valence-corrected chi connectivity index (χ1v) is 9.29. The molecule has 1 aromatic rings. The number of nitro benzene ring substituents is 1. The lowest BCUT2D eigenvalue weighted by Crippen LogP contribution is -2.52. The minimum atomic E-state index is -0.335. The highest BCUT2D eigenvalue weighted by Crippen LogP contribution is 2.33. The lowest BCUT2D eigenvalue weighted by atomic mass is 10.1. The van der Waals surface area contributed by atoms with Gasteiger partial charge in [0.05, 0.1) is 18.1 Å². The zero-order valence-corrected chi connectivity index (χ0v) is 16.0. The predicted molar refractivity (Wildman–Crippen MR) is 106 cm³/mol. The van der Waals surface area contributed by atoms with E-state index in [4.69, 9.17) is 17.0 Å². The van der Waals surface area contributed by atoms with Crippen LogP contribution in [-0.4, -0.2) is 73.3 Å². The summed E-state index contributed by atoms with van der Waals surface area (Å²) >= 11 is 5.24. The molecule has 0 spiro atoms. The summed E-state index contributed by atoms with van der Waals surface area (Å²) in [5.74, 6) is -0.173. The third-order valence-electron chi connectivity index (χ3n) is 4.72. The molecule has 2 fully saturated rings. The Bertz CT molecular complexity index is 730. The number of piperazine rings is 1. The van der Waals surface area contributed by atoms with Crippen molar-refractivity contribution >= 4 is 40.3 Å². The first kappa shape index (κ1) is 19.3. The number of thiocarbonyl (C=S) groups is 1. The summed E-state index contributed by atoms with van der Waals surface area (Å²) in [6.45, 7) is 6.67. The number of hydrogen-bond acceptors (Lipinski definition) is 7. The van der Waals surface area contributed by atoms with E-state index in [0.717, 1.165) is 18.8 Å². The van der Waals surface area contributed by atoms with E-state index in [1.54, 1.807) is 12.1 Å². The molecule has 0 radical (unpaired) electrons. The Hall–Kier alpha value is -2.46. The van der Waals surface area contributed by atoms with Crippen LogP contribution in [0.5, 0.6) is 0 Å². The molecule has 1 aromatic carbocycles. The van der Waals surface area contributed by atoms with Gasteiger partial charge >= 0.3 is 0 Å². The van der Waals surface area contributed by atoms with E-state index in [2.05, 4.69) is 10.2 Å². The third kappa shape index (κ3) is 4.64. The highest BCUT2D eigenvalue weighted by Gasteiger charge is 2.25. The normalized spacial score (nSPS) is 17.6. The number of amides is 1. The molecule has 10 heteroatoms. The number of carbonyl (C=O) groups is 1. The highest BCUT2D eigenvalue weighted by molar-refractivity contribution is 7.80. The van der Waals surface area contributed by atoms with Crippen LogP contribution in [0.25, 0.3) is 0 Å². The minimum absolute atomic E-state index is 0.117. The van der Waals surface area contributed by atoms with Crippen LogP contribution < -0.4 is 15.1 Å². The minimum Gasteiger partial charge on any atom is -0.378 e. The van der Waals surface area contributed by atoms with Gasteiger partial charge in [-0.25, -0.2) is 0 Å². The average Bonchev–Trinajstić information content (AvgIpc) is 2.67. The molecule has 0 unspecified atom stereocenters. The number of nitrogens with one attached hydrogen (secondary N) is 1. The lowest BCUT2D eigenvalue weighted by molar-refractivity contribution is -0.384. The number of anilines is 2. The van der Waals surface area contributed by atoms with Gasteiger partial charge in [0.15, 0.2) is 5.11 Å². The molecule has 1 N–H and O–H groups in total. The van der Waals surface area contributed by atoms with Crippen molar-refractivity contribution in [2.24, 2.45) is 0 Å². The van der Waals surface area contributed by atoms with E-state index in [9.17, 15) is 14.9 Å². The Morgan fingerprint density at radius 2 is 1.81 bits per heavy atom. The molecule has 0 saturated carbocycles. The highest BCUT2D eigenvalue weighted by atomic mass is 32.1. The van der Waals surface area contributed by atoms with Gasteiger partial charge in [0.25, 0.3) is 5.69 Å². The zero-order valence-electron chi connectivity index (χ0n) is 15.2. The molecule has 0 aromatic heterocycles. The molecule has 2 saturated heterocycles. The first-order chi connectivity index (χ1) is 13.0. The number of nitrogens with zero attached hydrogens (tertiary/aromatic N) is 4. The van der Waals surface area contributed by atoms with Gasteiger partial charge in [0.2, 0.25) is 5.91 Å². The van der Waals surface area contributed by atoms with Gasteiger partial charge in [0, 0.05) is 57.9 Å². The molecule has 27 heavy (non-hydrogen) atoms. The Morgan fingerprint density at radius 1 is 1.15 bits per heavy atom. The second kappa shape index (κ2) is 8.49. The van der Waals surface area contributed by atoms with Gasteiger partial charge in [-0.1, -0.05) is 0 Å². The van der Waals surface area contributed by atoms with Crippen LogP contribution in [0.2, 0.25) is 0 Å². The molecule has 0 bridgehead atoms. The van der Waals surface area contributed by atoms with E-state index >= 15 is 0 Å². The number of ether oxygens (including phenoxy) is 1. The third-order valence-corrected chi connectivity index (χ3v) is 5.08. The quantitative estimate of drug-likeness (QED) is 0.462. The smallest absolute Gasteiger partial charge is 0.292 e. The zero-order chi connectivity index (χ0) is 19.4. The molecule has 0 atom stereocenters. The summed E-state index contributed by atoms with van der Waals surface area (Å²) in [7, 11) is 0. The summed E-state index contributed by atoms with van der Waals surface area (Å²) in [5, 5.41) is 14.5. The van der Waals surface area contributed by atoms with Gasteiger partial charge in [-0.3, -0.25) is 14.9 Å². The van der Waals surface area contributed by atoms with Crippen molar-refractivity contribution in [3.63, 3.8) is 0 Å². The largest absolute Gasteiger partial charge is 0.378 e. The van der Waals surface area contributed by atoms with Crippen LogP contribution in [0.15, 0.2) is 18.2 Å². The molecule has 3 rings (SSSR count). The number of hydrogen-bond donors (Lipinski definition) is 1. The molecular weight excluding hydrogens is 370 g/mol. The van der Waals surface area contributed by atoms with E-state index < -0.39 is 0 Å². The Labute approximate surface area is 163 Å². The van der Waals surface area contributed by atoms with E-state index in [1.165, 1.54) is 6.92 Å². The second-order valence-electron chi connectivity index (χ2n) is 6.49. The molecule has 146 valence electrons. The van der Waals surface area contributed by atoms with Crippen LogP contribution in [0.1, 0.15) is 6.92 Å². The van der Waals surface area contributed by atoms with Crippen molar-refractivity contribution in [1.82, 2.24) is 10.2 Å². The summed E-state index contributed by atoms with van der Waals surface area (Å²) in [5.41, 5.74) is 1.70. The van der Waals surface area contributed by atoms with Crippen molar-refractivity contribution in [1.29, 1.82) is 0 Å². The number of nitro groups is 1. The van der Waals surface area contributed by atoms with Crippen LogP contribution in [0, 0.1) is 10.1 Å². The van der Waals surface area contributed by atoms with Crippen LogP contribution in [0.3, 0.4) is 0 Å². The van der Waals surface area contributed by atoms with Crippen LogP contribution in [-0.2, 0) is 9.53 Å². The van der Waals surface area contributed by atoms with Gasteiger partial charge in [-0.15, -0.1) is 0 Å². The number of carbonyl (C=O) groups excluding carboxylic acids is 1. The predicted octanol–water partition coefficient (Wildman–Crippen LogP) is 0.974. The number of rotatable bonds is 3. The maximum absolute atomic E-state index is 11.4. The van der Waals surface area contributed by atoms with Gasteiger partial charge in [-0.05, 0) is 24.4 Å². The summed E-state index contributed by atoms with van der Waals surface area (Å²) in [4.78, 5) is 28.4. The number of benzene rings is 1. The second-order valence-corrected chi connectivity index (χ2v) is 6.88. The fraction of sp³-hybridized carbons (Fsp3) is 0.529. The fourth-order valence-electron chi connectivity index (χ4n) is 3.32. The Balaban J connectivity index is 1.73. The summed E-state index contributed by atoms with van der Waals surface area (Å²) in [6.07, 6.45) is 0. The topological polar surface area (TPSA) is 91.2 Å². The lowest BCUT2D eigenvalue weighted by Gasteiger charge is -2.37. The van der Waals surface area contributed by atoms with Crippen molar-refractivity contribution in [3.8, 4) is 0 Å². The molecule has 2 heterocycles. The van der Waals surface area contributed by atoms with Crippen molar-refractivity contribution < 1.29 is 14.5 Å². The Kier molecular flexibility index (Phi) is 6.07. The SMILES string of the molecule is CC(=O)NC(=S)N1CCN(c2ccc([N+](=O)[O-])c(N3CCOCC3)c2)CC1. The number of morpholine rings is 1. The molecule has 9 nitrogen and oxygen atoms in total. The fourth-order valence-corrected chi connectivity index (χ4v) is 3.64. The molecule has 0 aliphatic carbocycles. The first-order valence-electron chi connectivity index (χ1n) is 8.88. The Morgan fingerprint density at radius 3 is 2.41 bits per heavy atom. The van der Waals surface area contributed by atoms with Crippen molar-refractivity contribution in [3.05, 3.63) is 28.3 Å². The van der Waals surface area contributed by atoms with Gasteiger partial charge in [-0.2, -0.15) is 0 Å². The average molecular weight is 393 g/mol. The van der Waals surface area contributed by atoms with Crippen LogP contribution >= 0.6 is 12.2 Å². The van der Waals surface area contributed by atoms with E-state index in [0.29, 0.717) is 50.2 Å². The van der Waals surface area contributed by atoms with E-state index in [1.807, 2.05) is 15.9 Å². The molecular formula is C17H23N5O4S. The monoisotopic (exact) mass is 393 g/mol. The van der Waals surface area contributed by atoms with Crippen LogP contribution in [0.4, 0.5) is 17.1 Å².